The Morgan fingerprint density at radius 3 is 2.68 bits per heavy atom. The molecule has 1 aromatic heterocycles. The molecular weight excluding hydrogens is 321 g/mol. The van der Waals surface area contributed by atoms with Crippen molar-refractivity contribution in [3.8, 4) is 0 Å². The van der Waals surface area contributed by atoms with Crippen LogP contribution in [0.15, 0.2) is 36.5 Å². The molecule has 0 radical (unpaired) electrons. The third-order valence-electron chi connectivity index (χ3n) is 4.38. The van der Waals surface area contributed by atoms with E-state index in [2.05, 4.69) is 32.0 Å². The molecule has 0 atom stereocenters. The summed E-state index contributed by atoms with van der Waals surface area (Å²) >= 11 is 0. The van der Waals surface area contributed by atoms with Crippen molar-refractivity contribution >= 4 is 11.9 Å². The Hall–Kier alpha value is -2.54. The molecule has 1 N–H and O–H groups in total. The number of hydrogen-bond donors (Lipinski definition) is 1. The fourth-order valence-corrected chi connectivity index (χ4v) is 2.80. The standard InChI is InChI=1S/C18H22FN5O/c1-2-23-9-11-24(12-10-23)18-20-8-7-16(22-18)17(25)21-13-14-5-3-4-6-15(14)19/h3-8H,2,9-13H2,1H3,(H,21,25). The number of carbonyl (C=O) groups is 1. The predicted molar refractivity (Wildman–Crippen MR) is 93.9 cm³/mol. The summed E-state index contributed by atoms with van der Waals surface area (Å²) in [6.07, 6.45) is 1.59. The quantitative estimate of drug-likeness (QED) is 0.895. The monoisotopic (exact) mass is 343 g/mol. The van der Waals surface area contributed by atoms with E-state index in [4.69, 9.17) is 0 Å². The van der Waals surface area contributed by atoms with E-state index in [1.54, 1.807) is 30.5 Å². The predicted octanol–water partition coefficient (Wildman–Crippen LogP) is 1.69. The Kier molecular flexibility index (Phi) is 5.55. The largest absolute Gasteiger partial charge is 0.347 e. The third-order valence-corrected chi connectivity index (χ3v) is 4.38. The highest BCUT2D eigenvalue weighted by atomic mass is 19.1. The maximum atomic E-state index is 13.6. The van der Waals surface area contributed by atoms with Gasteiger partial charge in [-0.3, -0.25) is 4.79 Å². The minimum atomic E-state index is -0.334. The molecular formula is C18H22FN5O. The number of nitrogens with one attached hydrogen (secondary N) is 1. The Balaban J connectivity index is 1.63. The average molecular weight is 343 g/mol. The number of amides is 1. The molecule has 1 aromatic carbocycles. The van der Waals surface area contributed by atoms with Crippen molar-refractivity contribution in [3.63, 3.8) is 0 Å². The minimum Gasteiger partial charge on any atom is -0.347 e. The van der Waals surface area contributed by atoms with E-state index >= 15 is 0 Å². The second-order valence-corrected chi connectivity index (χ2v) is 5.94. The molecule has 6 nitrogen and oxygen atoms in total. The highest BCUT2D eigenvalue weighted by Gasteiger charge is 2.19. The Morgan fingerprint density at radius 2 is 1.96 bits per heavy atom. The number of hydrogen-bond acceptors (Lipinski definition) is 5. The molecule has 3 rings (SSSR count). The lowest BCUT2D eigenvalue weighted by atomic mass is 10.2. The van der Waals surface area contributed by atoms with Gasteiger partial charge in [-0.25, -0.2) is 14.4 Å². The zero-order valence-electron chi connectivity index (χ0n) is 14.3. The molecule has 25 heavy (non-hydrogen) atoms. The molecule has 0 saturated carbocycles. The van der Waals surface area contributed by atoms with E-state index in [9.17, 15) is 9.18 Å². The van der Waals surface area contributed by atoms with Gasteiger partial charge in [0.2, 0.25) is 5.95 Å². The van der Waals surface area contributed by atoms with Crippen molar-refractivity contribution < 1.29 is 9.18 Å². The first-order valence-electron chi connectivity index (χ1n) is 8.49. The zero-order valence-corrected chi connectivity index (χ0v) is 14.3. The fourth-order valence-electron chi connectivity index (χ4n) is 2.80. The molecule has 1 aliphatic heterocycles. The molecule has 1 aliphatic rings. The van der Waals surface area contributed by atoms with Crippen LogP contribution in [0.3, 0.4) is 0 Å². The van der Waals surface area contributed by atoms with Gasteiger partial charge in [0, 0.05) is 44.5 Å². The number of likely N-dealkylation sites (N-methyl/N-ethyl adjacent to an activating group) is 1. The summed E-state index contributed by atoms with van der Waals surface area (Å²) in [7, 11) is 0. The van der Waals surface area contributed by atoms with Crippen molar-refractivity contribution in [1.82, 2.24) is 20.2 Å². The van der Waals surface area contributed by atoms with Gasteiger partial charge in [-0.05, 0) is 18.7 Å². The molecule has 1 amide bonds. The van der Waals surface area contributed by atoms with Crippen LogP contribution in [0.4, 0.5) is 10.3 Å². The smallest absolute Gasteiger partial charge is 0.270 e. The highest BCUT2D eigenvalue weighted by Crippen LogP contribution is 2.12. The molecule has 0 spiro atoms. The highest BCUT2D eigenvalue weighted by molar-refractivity contribution is 5.92. The van der Waals surface area contributed by atoms with Crippen molar-refractivity contribution in [2.45, 2.75) is 13.5 Å². The van der Waals surface area contributed by atoms with E-state index in [1.165, 1.54) is 6.07 Å². The topological polar surface area (TPSA) is 61.4 Å². The lowest BCUT2D eigenvalue weighted by Gasteiger charge is -2.34. The molecule has 0 bridgehead atoms. The van der Waals surface area contributed by atoms with Crippen molar-refractivity contribution in [2.24, 2.45) is 0 Å². The van der Waals surface area contributed by atoms with Crippen LogP contribution in [0.25, 0.3) is 0 Å². The number of rotatable bonds is 5. The van der Waals surface area contributed by atoms with Crippen molar-refractivity contribution in [3.05, 3.63) is 53.6 Å². The Bertz CT molecular complexity index is 731. The van der Waals surface area contributed by atoms with E-state index in [0.717, 1.165) is 32.7 Å². The second kappa shape index (κ2) is 8.02. The van der Waals surface area contributed by atoms with Crippen LogP contribution < -0.4 is 10.2 Å². The lowest BCUT2D eigenvalue weighted by molar-refractivity contribution is 0.0945. The van der Waals surface area contributed by atoms with Crippen LogP contribution in [0.1, 0.15) is 23.0 Å². The molecule has 2 heterocycles. The summed E-state index contributed by atoms with van der Waals surface area (Å²) < 4.78 is 13.6. The van der Waals surface area contributed by atoms with Crippen LogP contribution in [0.2, 0.25) is 0 Å². The van der Waals surface area contributed by atoms with Crippen LogP contribution in [0.5, 0.6) is 0 Å². The minimum absolute atomic E-state index is 0.125. The van der Waals surface area contributed by atoms with Gasteiger partial charge in [-0.1, -0.05) is 25.1 Å². The molecule has 0 aliphatic carbocycles. The first kappa shape index (κ1) is 17.3. The van der Waals surface area contributed by atoms with Crippen LogP contribution in [-0.2, 0) is 6.54 Å². The summed E-state index contributed by atoms with van der Waals surface area (Å²) in [5.74, 6) is -0.103. The summed E-state index contributed by atoms with van der Waals surface area (Å²) in [6.45, 7) is 6.91. The van der Waals surface area contributed by atoms with Gasteiger partial charge in [0.15, 0.2) is 0 Å². The van der Waals surface area contributed by atoms with Crippen molar-refractivity contribution in [1.29, 1.82) is 0 Å². The first-order valence-corrected chi connectivity index (χ1v) is 8.49. The molecule has 2 aromatic rings. The Morgan fingerprint density at radius 1 is 1.20 bits per heavy atom. The summed E-state index contributed by atoms with van der Waals surface area (Å²) in [4.78, 5) is 25.4. The molecule has 7 heteroatoms. The van der Waals surface area contributed by atoms with E-state index in [0.29, 0.717) is 17.2 Å². The van der Waals surface area contributed by atoms with Gasteiger partial charge >= 0.3 is 0 Å². The lowest BCUT2D eigenvalue weighted by Crippen LogP contribution is -2.46. The number of piperazine rings is 1. The van der Waals surface area contributed by atoms with Gasteiger partial charge in [0.05, 0.1) is 0 Å². The van der Waals surface area contributed by atoms with Crippen LogP contribution in [0, 0.1) is 5.82 Å². The number of anilines is 1. The number of aromatic nitrogens is 2. The van der Waals surface area contributed by atoms with Gasteiger partial charge in [-0.15, -0.1) is 0 Å². The van der Waals surface area contributed by atoms with Crippen LogP contribution >= 0.6 is 0 Å². The average Bonchev–Trinajstić information content (AvgIpc) is 2.67. The summed E-state index contributed by atoms with van der Waals surface area (Å²) in [5, 5.41) is 2.71. The van der Waals surface area contributed by atoms with Gasteiger partial charge in [-0.2, -0.15) is 0 Å². The molecule has 1 saturated heterocycles. The maximum absolute atomic E-state index is 13.6. The van der Waals surface area contributed by atoms with E-state index in [1.807, 2.05) is 0 Å². The molecule has 1 fully saturated rings. The van der Waals surface area contributed by atoms with Crippen LogP contribution in [-0.4, -0.2) is 53.5 Å². The number of nitrogens with zero attached hydrogens (tertiary/aromatic N) is 4. The SMILES string of the molecule is CCN1CCN(c2nccc(C(=O)NCc3ccccc3F)n2)CC1. The molecule has 132 valence electrons. The number of halogens is 1. The molecule has 0 unspecified atom stereocenters. The normalized spacial score (nSPS) is 15.2. The number of benzene rings is 1. The van der Waals surface area contributed by atoms with E-state index in [-0.39, 0.29) is 18.3 Å². The second-order valence-electron chi connectivity index (χ2n) is 5.94. The van der Waals surface area contributed by atoms with Gasteiger partial charge in [0.25, 0.3) is 5.91 Å². The first-order chi connectivity index (χ1) is 12.2. The van der Waals surface area contributed by atoms with E-state index < -0.39 is 0 Å². The van der Waals surface area contributed by atoms with Gasteiger partial charge in [0.1, 0.15) is 11.5 Å². The van der Waals surface area contributed by atoms with Gasteiger partial charge < -0.3 is 15.1 Å². The third kappa shape index (κ3) is 4.30. The summed E-state index contributed by atoms with van der Waals surface area (Å²) in [6, 6.07) is 7.95. The number of carbonyl (C=O) groups excluding carboxylic acids is 1. The fraction of sp³-hybridized carbons (Fsp3) is 0.389. The maximum Gasteiger partial charge on any atom is 0.270 e. The Labute approximate surface area is 146 Å². The summed E-state index contributed by atoms with van der Waals surface area (Å²) in [5.41, 5.74) is 0.736. The zero-order chi connectivity index (χ0) is 17.6. The van der Waals surface area contributed by atoms with Crippen molar-refractivity contribution in [2.75, 3.05) is 37.6 Å².